The van der Waals surface area contributed by atoms with Crippen LogP contribution < -0.4 is 10.0 Å². The van der Waals surface area contributed by atoms with Crippen LogP contribution in [0, 0.1) is 5.92 Å². The highest BCUT2D eigenvalue weighted by atomic mass is 32.2. The van der Waals surface area contributed by atoms with Gasteiger partial charge in [0.25, 0.3) is 0 Å². The molecule has 0 saturated carbocycles. The van der Waals surface area contributed by atoms with Crippen LogP contribution >= 0.6 is 23.1 Å². The summed E-state index contributed by atoms with van der Waals surface area (Å²) in [5.41, 5.74) is 0. The molecule has 1 fully saturated rings. The summed E-state index contributed by atoms with van der Waals surface area (Å²) in [4.78, 5) is 1.05. The highest BCUT2D eigenvalue weighted by molar-refractivity contribution is 7.99. The third kappa shape index (κ3) is 4.46. The highest BCUT2D eigenvalue weighted by Gasteiger charge is 2.21. The van der Waals surface area contributed by atoms with Crippen LogP contribution in [0.5, 0.6) is 0 Å². The van der Waals surface area contributed by atoms with Crippen LogP contribution in [-0.4, -0.2) is 33.0 Å². The Labute approximate surface area is 123 Å². The molecular formula is C12H20N2O2S3. The number of hydrogen-bond acceptors (Lipinski definition) is 5. The maximum Gasteiger partial charge on any atom is 0.250 e. The first-order valence-corrected chi connectivity index (χ1v) is 9.94. The third-order valence-electron chi connectivity index (χ3n) is 3.04. The van der Waals surface area contributed by atoms with E-state index in [2.05, 4.69) is 10.0 Å². The van der Waals surface area contributed by atoms with E-state index in [-0.39, 0.29) is 0 Å². The Morgan fingerprint density at radius 2 is 2.26 bits per heavy atom. The van der Waals surface area contributed by atoms with Gasteiger partial charge in [0.1, 0.15) is 4.21 Å². The zero-order chi connectivity index (χ0) is 13.7. The Morgan fingerprint density at radius 3 is 2.95 bits per heavy atom. The molecule has 0 aromatic carbocycles. The second-order valence-corrected chi connectivity index (χ2v) is 8.89. The van der Waals surface area contributed by atoms with E-state index in [9.17, 15) is 8.42 Å². The molecule has 19 heavy (non-hydrogen) atoms. The Hall–Kier alpha value is -0.0800. The van der Waals surface area contributed by atoms with Crippen molar-refractivity contribution in [3.05, 3.63) is 17.0 Å². The molecule has 108 valence electrons. The predicted molar refractivity (Wildman–Crippen MR) is 82.3 cm³/mol. The zero-order valence-electron chi connectivity index (χ0n) is 11.0. The summed E-state index contributed by atoms with van der Waals surface area (Å²) < 4.78 is 27.5. The van der Waals surface area contributed by atoms with Gasteiger partial charge in [-0.3, -0.25) is 0 Å². The van der Waals surface area contributed by atoms with Gasteiger partial charge >= 0.3 is 0 Å². The van der Waals surface area contributed by atoms with Gasteiger partial charge in [-0.15, -0.1) is 11.3 Å². The molecule has 4 nitrogen and oxygen atoms in total. The number of thioether (sulfide) groups is 1. The average molecular weight is 321 g/mol. The molecule has 0 spiro atoms. The van der Waals surface area contributed by atoms with Crippen molar-refractivity contribution in [1.29, 1.82) is 0 Å². The number of hydrogen-bond donors (Lipinski definition) is 2. The third-order valence-corrected chi connectivity index (χ3v) is 7.27. The van der Waals surface area contributed by atoms with Crippen molar-refractivity contribution in [3.8, 4) is 0 Å². The second-order valence-electron chi connectivity index (χ2n) is 4.58. The van der Waals surface area contributed by atoms with E-state index in [1.807, 2.05) is 24.8 Å². The van der Waals surface area contributed by atoms with Crippen LogP contribution in [0.2, 0.25) is 0 Å². The summed E-state index contributed by atoms with van der Waals surface area (Å²) in [5.74, 6) is 2.71. The lowest BCUT2D eigenvalue weighted by molar-refractivity contribution is 0.547. The van der Waals surface area contributed by atoms with E-state index >= 15 is 0 Å². The van der Waals surface area contributed by atoms with Gasteiger partial charge in [0.05, 0.1) is 0 Å². The second kappa shape index (κ2) is 7.08. The molecule has 2 rings (SSSR count). The van der Waals surface area contributed by atoms with Crippen molar-refractivity contribution in [2.45, 2.75) is 24.1 Å². The van der Waals surface area contributed by atoms with Gasteiger partial charge in [-0.1, -0.05) is 6.92 Å². The monoisotopic (exact) mass is 320 g/mol. The first-order valence-electron chi connectivity index (χ1n) is 6.48. The molecular weight excluding hydrogens is 300 g/mol. The minimum Gasteiger partial charge on any atom is -0.312 e. The number of rotatable bonds is 7. The lowest BCUT2D eigenvalue weighted by Crippen LogP contribution is -2.28. The predicted octanol–water partition coefficient (Wildman–Crippen LogP) is 1.89. The van der Waals surface area contributed by atoms with Gasteiger partial charge in [0, 0.05) is 18.0 Å². The van der Waals surface area contributed by atoms with Crippen molar-refractivity contribution in [2.24, 2.45) is 5.92 Å². The molecule has 1 unspecified atom stereocenters. The van der Waals surface area contributed by atoms with Crippen LogP contribution in [0.15, 0.2) is 16.3 Å². The van der Waals surface area contributed by atoms with Gasteiger partial charge < -0.3 is 5.32 Å². The van der Waals surface area contributed by atoms with Crippen LogP contribution in [0.1, 0.15) is 18.2 Å². The molecule has 1 aromatic rings. The molecule has 1 aliphatic heterocycles. The van der Waals surface area contributed by atoms with Crippen molar-refractivity contribution >= 4 is 33.1 Å². The minimum atomic E-state index is -3.32. The fourth-order valence-corrected chi connectivity index (χ4v) is 5.66. The van der Waals surface area contributed by atoms with Crippen molar-refractivity contribution in [1.82, 2.24) is 10.0 Å². The molecule has 1 saturated heterocycles. The standard InChI is InChI=1S/C12H20N2O2S3/c1-2-13-8-11-3-4-12(18-11)19(15,16)14-7-10-5-6-17-9-10/h3-4,10,13-14H,2,5-9H2,1H3. The first-order chi connectivity index (χ1) is 9.12. The summed E-state index contributed by atoms with van der Waals surface area (Å²) in [6, 6.07) is 3.58. The van der Waals surface area contributed by atoms with Crippen LogP contribution in [0.25, 0.3) is 0 Å². The van der Waals surface area contributed by atoms with Crippen molar-refractivity contribution < 1.29 is 8.42 Å². The Bertz CT molecular complexity index is 493. The molecule has 7 heteroatoms. The minimum absolute atomic E-state index is 0.422. The summed E-state index contributed by atoms with van der Waals surface area (Å²) in [6.45, 7) is 4.22. The number of sulfonamides is 1. The molecule has 0 aliphatic carbocycles. The van der Waals surface area contributed by atoms with Gasteiger partial charge in [-0.2, -0.15) is 11.8 Å². The maximum absolute atomic E-state index is 12.1. The van der Waals surface area contributed by atoms with E-state index in [1.165, 1.54) is 11.3 Å². The lowest BCUT2D eigenvalue weighted by Gasteiger charge is -2.09. The first kappa shape index (κ1) is 15.3. The normalized spacial score (nSPS) is 19.9. The largest absolute Gasteiger partial charge is 0.312 e. The van der Waals surface area contributed by atoms with Crippen molar-refractivity contribution in [2.75, 3.05) is 24.6 Å². The Balaban J connectivity index is 1.92. The van der Waals surface area contributed by atoms with Gasteiger partial charge in [0.15, 0.2) is 0 Å². The van der Waals surface area contributed by atoms with E-state index in [4.69, 9.17) is 0 Å². The quantitative estimate of drug-likeness (QED) is 0.805. The molecule has 1 aliphatic rings. The van der Waals surface area contributed by atoms with Crippen LogP contribution in [0.3, 0.4) is 0 Å². The molecule has 1 atom stereocenters. The Kier molecular flexibility index (Phi) is 5.70. The topological polar surface area (TPSA) is 58.2 Å². The molecule has 0 bridgehead atoms. The zero-order valence-corrected chi connectivity index (χ0v) is 13.5. The van der Waals surface area contributed by atoms with Crippen molar-refractivity contribution in [3.63, 3.8) is 0 Å². The average Bonchev–Trinajstić information content (AvgIpc) is 3.05. The summed E-state index contributed by atoms with van der Waals surface area (Å²) >= 11 is 3.25. The molecule has 0 amide bonds. The summed E-state index contributed by atoms with van der Waals surface area (Å²) in [6.07, 6.45) is 1.11. The van der Waals surface area contributed by atoms with Gasteiger partial charge in [-0.25, -0.2) is 13.1 Å². The van der Waals surface area contributed by atoms with E-state index in [0.29, 0.717) is 16.7 Å². The van der Waals surface area contributed by atoms with Gasteiger partial charge in [0.2, 0.25) is 10.0 Å². The SMILES string of the molecule is CCNCc1ccc(S(=O)(=O)NCC2CCSC2)s1. The van der Waals surface area contributed by atoms with E-state index in [0.717, 1.165) is 35.9 Å². The fourth-order valence-electron chi connectivity index (χ4n) is 1.89. The smallest absolute Gasteiger partial charge is 0.250 e. The van der Waals surface area contributed by atoms with Crippen LogP contribution in [-0.2, 0) is 16.6 Å². The highest BCUT2D eigenvalue weighted by Crippen LogP contribution is 2.24. The molecule has 1 aromatic heterocycles. The van der Waals surface area contributed by atoms with E-state index < -0.39 is 10.0 Å². The number of nitrogens with one attached hydrogen (secondary N) is 2. The Morgan fingerprint density at radius 1 is 1.42 bits per heavy atom. The molecule has 2 heterocycles. The van der Waals surface area contributed by atoms with E-state index in [1.54, 1.807) is 6.07 Å². The summed E-state index contributed by atoms with van der Waals surface area (Å²) in [5, 5.41) is 3.20. The summed E-state index contributed by atoms with van der Waals surface area (Å²) in [7, 11) is -3.32. The maximum atomic E-state index is 12.1. The van der Waals surface area contributed by atoms with Crippen LogP contribution in [0.4, 0.5) is 0 Å². The fraction of sp³-hybridized carbons (Fsp3) is 0.667. The van der Waals surface area contributed by atoms with Gasteiger partial charge in [-0.05, 0) is 42.5 Å². The molecule has 2 N–H and O–H groups in total. The molecule has 0 radical (unpaired) electrons. The number of thiophene rings is 1. The lowest BCUT2D eigenvalue weighted by atomic mass is 10.1.